The van der Waals surface area contributed by atoms with Crippen LogP contribution in [0.4, 0.5) is 4.39 Å². The Labute approximate surface area is 174 Å². The third-order valence-electron chi connectivity index (χ3n) is 5.35. The molecule has 0 saturated carbocycles. The lowest BCUT2D eigenvalue weighted by Gasteiger charge is -2.23. The number of ether oxygens (including phenoxy) is 1. The Morgan fingerprint density at radius 1 is 1.31 bits per heavy atom. The molecule has 1 heterocycles. The molecule has 0 aromatic heterocycles. The standard InChI is InChI=1S/C24H35FN2O2/c1-5-27-14-7-10-21(27)17-26-24(28)22-16-20(25)11-12-23(22)29-15-13-19(4)9-6-8-18(2)3/h8,11-13,16,21H,5-7,9-10,14-15,17H2,1-4H3,(H,26,28)/b19-13+. The summed E-state index contributed by atoms with van der Waals surface area (Å²) in [6.07, 6.45) is 8.44. The molecule has 1 aliphatic heterocycles. The van der Waals surface area contributed by atoms with Crippen LogP contribution >= 0.6 is 0 Å². The molecule has 0 aliphatic carbocycles. The smallest absolute Gasteiger partial charge is 0.255 e. The van der Waals surface area contributed by atoms with Gasteiger partial charge in [0.05, 0.1) is 5.56 Å². The number of amides is 1. The molecular formula is C24H35FN2O2. The lowest BCUT2D eigenvalue weighted by atomic mass is 10.1. The number of hydrogen-bond acceptors (Lipinski definition) is 3. The molecule has 1 amide bonds. The van der Waals surface area contributed by atoms with Gasteiger partial charge in [-0.1, -0.05) is 24.1 Å². The number of likely N-dealkylation sites (N-methyl/N-ethyl adjacent to an activating group) is 1. The third-order valence-corrected chi connectivity index (χ3v) is 5.35. The van der Waals surface area contributed by atoms with Gasteiger partial charge in [-0.15, -0.1) is 0 Å². The van der Waals surface area contributed by atoms with Gasteiger partial charge in [-0.3, -0.25) is 9.69 Å². The second-order valence-electron chi connectivity index (χ2n) is 7.96. The van der Waals surface area contributed by atoms with Crippen molar-refractivity contribution in [2.24, 2.45) is 0 Å². The van der Waals surface area contributed by atoms with E-state index in [1.807, 2.05) is 6.08 Å². The van der Waals surface area contributed by atoms with E-state index in [2.05, 4.69) is 44.0 Å². The number of likely N-dealkylation sites (tertiary alicyclic amines) is 1. The van der Waals surface area contributed by atoms with Crippen molar-refractivity contribution in [1.82, 2.24) is 10.2 Å². The number of halogens is 1. The summed E-state index contributed by atoms with van der Waals surface area (Å²) in [6.45, 7) is 11.4. The van der Waals surface area contributed by atoms with Gasteiger partial charge in [-0.2, -0.15) is 0 Å². The molecule has 1 unspecified atom stereocenters. The van der Waals surface area contributed by atoms with Gasteiger partial charge in [-0.25, -0.2) is 4.39 Å². The largest absolute Gasteiger partial charge is 0.489 e. The highest BCUT2D eigenvalue weighted by molar-refractivity contribution is 5.97. The Morgan fingerprint density at radius 3 is 2.83 bits per heavy atom. The molecular weight excluding hydrogens is 367 g/mol. The van der Waals surface area contributed by atoms with Crippen LogP contribution < -0.4 is 10.1 Å². The highest BCUT2D eigenvalue weighted by atomic mass is 19.1. The first kappa shape index (κ1) is 23.1. The van der Waals surface area contributed by atoms with E-state index in [9.17, 15) is 9.18 Å². The number of carbonyl (C=O) groups is 1. The zero-order valence-corrected chi connectivity index (χ0v) is 18.3. The lowest BCUT2D eigenvalue weighted by Crippen LogP contribution is -2.40. The average molecular weight is 403 g/mol. The van der Waals surface area contributed by atoms with Gasteiger partial charge in [0.25, 0.3) is 5.91 Å². The summed E-state index contributed by atoms with van der Waals surface area (Å²) in [6, 6.07) is 4.47. The number of rotatable bonds is 10. The Hall–Kier alpha value is -2.14. The maximum Gasteiger partial charge on any atom is 0.255 e. The van der Waals surface area contributed by atoms with Crippen molar-refractivity contribution in [1.29, 1.82) is 0 Å². The van der Waals surface area contributed by atoms with Crippen molar-refractivity contribution < 1.29 is 13.9 Å². The van der Waals surface area contributed by atoms with Crippen molar-refractivity contribution in [3.8, 4) is 5.75 Å². The van der Waals surface area contributed by atoms with E-state index < -0.39 is 5.82 Å². The van der Waals surface area contributed by atoms with Crippen molar-refractivity contribution in [3.63, 3.8) is 0 Å². The minimum atomic E-state index is -0.438. The number of carbonyl (C=O) groups excluding carboxylic acids is 1. The first-order valence-corrected chi connectivity index (χ1v) is 10.6. The molecule has 5 heteroatoms. The zero-order chi connectivity index (χ0) is 21.2. The van der Waals surface area contributed by atoms with Gasteiger partial charge in [0.1, 0.15) is 18.2 Å². The fourth-order valence-corrected chi connectivity index (χ4v) is 3.62. The molecule has 1 aliphatic rings. The van der Waals surface area contributed by atoms with Crippen LogP contribution in [0.1, 0.15) is 63.7 Å². The van der Waals surface area contributed by atoms with Crippen LogP contribution in [0, 0.1) is 5.82 Å². The number of allylic oxidation sites excluding steroid dienone is 3. The summed E-state index contributed by atoms with van der Waals surface area (Å²) in [7, 11) is 0. The van der Waals surface area contributed by atoms with Gasteiger partial charge >= 0.3 is 0 Å². The zero-order valence-electron chi connectivity index (χ0n) is 18.3. The summed E-state index contributed by atoms with van der Waals surface area (Å²) in [4.78, 5) is 15.0. The number of benzene rings is 1. The second-order valence-corrected chi connectivity index (χ2v) is 7.96. The Morgan fingerprint density at radius 2 is 2.10 bits per heavy atom. The first-order valence-electron chi connectivity index (χ1n) is 10.6. The normalized spacial score (nSPS) is 17.3. The minimum Gasteiger partial charge on any atom is -0.489 e. The molecule has 2 rings (SSSR count). The van der Waals surface area contributed by atoms with Gasteiger partial charge < -0.3 is 10.1 Å². The van der Waals surface area contributed by atoms with E-state index in [1.54, 1.807) is 0 Å². The van der Waals surface area contributed by atoms with E-state index in [-0.39, 0.29) is 11.5 Å². The molecule has 1 saturated heterocycles. The predicted molar refractivity (Wildman–Crippen MR) is 117 cm³/mol. The quantitative estimate of drug-likeness (QED) is 0.553. The van der Waals surface area contributed by atoms with E-state index in [0.29, 0.717) is 24.9 Å². The lowest BCUT2D eigenvalue weighted by molar-refractivity contribution is 0.0937. The van der Waals surface area contributed by atoms with Gasteiger partial charge in [0.15, 0.2) is 0 Å². The van der Waals surface area contributed by atoms with Crippen LogP contribution in [0.25, 0.3) is 0 Å². The number of nitrogens with zero attached hydrogens (tertiary/aromatic N) is 1. The third kappa shape index (κ3) is 7.65. The van der Waals surface area contributed by atoms with Gasteiger partial charge in [-0.05, 0) is 83.8 Å². The predicted octanol–water partition coefficient (Wildman–Crippen LogP) is 5.11. The summed E-state index contributed by atoms with van der Waals surface area (Å²) in [5, 5.41) is 2.96. The van der Waals surface area contributed by atoms with E-state index in [1.165, 1.54) is 29.3 Å². The topological polar surface area (TPSA) is 41.6 Å². The van der Waals surface area contributed by atoms with E-state index >= 15 is 0 Å². The fraction of sp³-hybridized carbons (Fsp3) is 0.542. The Bertz CT molecular complexity index is 738. The Balaban J connectivity index is 1.94. The average Bonchev–Trinajstić information content (AvgIpc) is 3.14. The maximum atomic E-state index is 13.8. The summed E-state index contributed by atoms with van der Waals surface area (Å²) < 4.78 is 19.6. The highest BCUT2D eigenvalue weighted by Crippen LogP contribution is 2.21. The Kier molecular flexibility index (Phi) is 9.39. The monoisotopic (exact) mass is 402 g/mol. The minimum absolute atomic E-state index is 0.252. The molecule has 0 bridgehead atoms. The van der Waals surface area contributed by atoms with Crippen LogP contribution in [0.15, 0.2) is 41.5 Å². The van der Waals surface area contributed by atoms with E-state index in [4.69, 9.17) is 4.74 Å². The molecule has 0 radical (unpaired) electrons. The molecule has 1 fully saturated rings. The molecule has 1 N–H and O–H groups in total. The van der Waals surface area contributed by atoms with Crippen molar-refractivity contribution in [2.75, 3.05) is 26.2 Å². The molecule has 0 spiro atoms. The van der Waals surface area contributed by atoms with Crippen molar-refractivity contribution >= 4 is 5.91 Å². The second kappa shape index (κ2) is 11.8. The van der Waals surface area contributed by atoms with Crippen molar-refractivity contribution in [2.45, 2.75) is 59.4 Å². The molecule has 1 aromatic carbocycles. The van der Waals surface area contributed by atoms with Gasteiger partial charge in [0, 0.05) is 12.6 Å². The summed E-state index contributed by atoms with van der Waals surface area (Å²) in [5.74, 6) is -0.310. The first-order chi connectivity index (χ1) is 13.9. The van der Waals surface area contributed by atoms with Crippen LogP contribution in [-0.4, -0.2) is 43.1 Å². The van der Waals surface area contributed by atoms with Crippen molar-refractivity contribution in [3.05, 3.63) is 52.9 Å². The highest BCUT2D eigenvalue weighted by Gasteiger charge is 2.24. The SMILES string of the molecule is CCN1CCCC1CNC(=O)c1cc(F)ccc1OC/C=C(\C)CCC=C(C)C. The summed E-state index contributed by atoms with van der Waals surface area (Å²) >= 11 is 0. The molecule has 1 aromatic rings. The fourth-order valence-electron chi connectivity index (χ4n) is 3.62. The molecule has 29 heavy (non-hydrogen) atoms. The molecule has 1 atom stereocenters. The van der Waals surface area contributed by atoms with Crippen LogP contribution in [-0.2, 0) is 0 Å². The number of nitrogens with one attached hydrogen (secondary N) is 1. The maximum absolute atomic E-state index is 13.8. The number of hydrogen-bond donors (Lipinski definition) is 1. The van der Waals surface area contributed by atoms with Crippen LogP contribution in [0.2, 0.25) is 0 Å². The van der Waals surface area contributed by atoms with Crippen LogP contribution in [0.5, 0.6) is 5.75 Å². The van der Waals surface area contributed by atoms with E-state index in [0.717, 1.165) is 38.8 Å². The molecule has 4 nitrogen and oxygen atoms in total. The molecule has 160 valence electrons. The van der Waals surface area contributed by atoms with Gasteiger partial charge in [0.2, 0.25) is 0 Å². The van der Waals surface area contributed by atoms with Crippen LogP contribution in [0.3, 0.4) is 0 Å². The summed E-state index contributed by atoms with van der Waals surface area (Å²) in [5.41, 5.74) is 2.80.